The van der Waals surface area contributed by atoms with E-state index >= 15 is 0 Å². The number of halogens is 2. The number of hydrogen-bond donors (Lipinski definition) is 1. The minimum Gasteiger partial charge on any atom is -0.412 e. The lowest BCUT2D eigenvalue weighted by molar-refractivity contribution is 0.205. The Balaban J connectivity index is 0. The Hall–Kier alpha value is -0.320. The summed E-state index contributed by atoms with van der Waals surface area (Å²) in [4.78, 5) is 2.48. The minimum absolute atomic E-state index is 0. The molecule has 0 bridgehead atoms. The van der Waals surface area contributed by atoms with E-state index < -0.39 is 0 Å². The summed E-state index contributed by atoms with van der Waals surface area (Å²) in [6, 6.07) is 11.1. The Kier molecular flexibility index (Phi) is 10.8. The second-order valence-electron chi connectivity index (χ2n) is 4.10. The van der Waals surface area contributed by atoms with Crippen LogP contribution in [0.25, 0.3) is 0 Å². The largest absolute Gasteiger partial charge is 0.412 e. The third kappa shape index (κ3) is 6.24. The van der Waals surface area contributed by atoms with Crippen molar-refractivity contribution >= 4 is 24.8 Å². The van der Waals surface area contributed by atoms with Crippen LogP contribution >= 0.6 is 24.8 Å². The molecule has 0 amide bonds. The van der Waals surface area contributed by atoms with Crippen LogP contribution in [0.4, 0.5) is 0 Å². The smallest absolute Gasteiger partial charge is 0.0233 e. The zero-order chi connectivity index (χ0) is 9.80. The van der Waals surface area contributed by atoms with Crippen molar-refractivity contribution in [3.05, 3.63) is 35.9 Å². The van der Waals surface area contributed by atoms with Crippen molar-refractivity contribution in [2.24, 2.45) is 5.73 Å². The lowest BCUT2D eigenvalue weighted by Gasteiger charge is -2.29. The molecule has 4 N–H and O–H groups in total. The summed E-state index contributed by atoms with van der Waals surface area (Å²) >= 11 is 0. The first-order chi connectivity index (χ1) is 6.84. The predicted octanol–water partition coefficient (Wildman–Crippen LogP) is 1.63. The second-order valence-corrected chi connectivity index (χ2v) is 4.10. The lowest BCUT2D eigenvalue weighted by Crippen LogP contribution is -2.39. The molecule has 0 spiro atoms. The molecular formula is C12H22Cl2N2O. The first-order valence-electron chi connectivity index (χ1n) is 5.36. The Bertz CT molecular complexity index is 277. The molecule has 0 aliphatic carbocycles. The molecule has 0 saturated carbocycles. The zero-order valence-corrected chi connectivity index (χ0v) is 11.5. The molecule has 3 nitrogen and oxygen atoms in total. The number of piperidine rings is 1. The number of hydrogen-bond acceptors (Lipinski definition) is 2. The molecule has 1 aromatic carbocycles. The van der Waals surface area contributed by atoms with Crippen molar-refractivity contribution in [2.45, 2.75) is 25.4 Å². The van der Waals surface area contributed by atoms with Gasteiger partial charge in [0, 0.05) is 12.6 Å². The third-order valence-corrected chi connectivity index (χ3v) is 2.88. The monoisotopic (exact) mass is 280 g/mol. The molecule has 0 unspecified atom stereocenters. The normalized spacial score (nSPS) is 16.3. The van der Waals surface area contributed by atoms with Gasteiger partial charge in [-0.15, -0.1) is 24.8 Å². The van der Waals surface area contributed by atoms with Crippen LogP contribution in [-0.4, -0.2) is 29.5 Å². The summed E-state index contributed by atoms with van der Waals surface area (Å²) in [5.41, 5.74) is 7.27. The van der Waals surface area contributed by atoms with Gasteiger partial charge in [-0.1, -0.05) is 30.3 Å². The van der Waals surface area contributed by atoms with Gasteiger partial charge in [0.1, 0.15) is 0 Å². The number of rotatable bonds is 2. The average molecular weight is 281 g/mol. The molecule has 2 rings (SSSR count). The van der Waals surface area contributed by atoms with Crippen molar-refractivity contribution < 1.29 is 5.48 Å². The van der Waals surface area contributed by atoms with Gasteiger partial charge in [-0.2, -0.15) is 0 Å². The molecule has 1 saturated heterocycles. The molecule has 1 fully saturated rings. The summed E-state index contributed by atoms with van der Waals surface area (Å²) in [5, 5.41) is 0. The van der Waals surface area contributed by atoms with E-state index in [4.69, 9.17) is 5.73 Å². The van der Waals surface area contributed by atoms with Crippen LogP contribution in [0.2, 0.25) is 0 Å². The minimum atomic E-state index is 0. The summed E-state index contributed by atoms with van der Waals surface area (Å²) in [6.45, 7) is 3.37. The van der Waals surface area contributed by atoms with Gasteiger partial charge >= 0.3 is 0 Å². The highest BCUT2D eigenvalue weighted by Crippen LogP contribution is 2.11. The molecule has 0 atom stereocenters. The quantitative estimate of drug-likeness (QED) is 0.895. The fourth-order valence-corrected chi connectivity index (χ4v) is 1.95. The van der Waals surface area contributed by atoms with Crippen LogP contribution in [-0.2, 0) is 6.54 Å². The van der Waals surface area contributed by atoms with Gasteiger partial charge in [-0.05, 0) is 31.5 Å². The van der Waals surface area contributed by atoms with Crippen molar-refractivity contribution in [3.8, 4) is 0 Å². The number of nitrogens with zero attached hydrogens (tertiary/aromatic N) is 1. The molecule has 1 aliphatic rings. The van der Waals surface area contributed by atoms with Crippen LogP contribution in [0.1, 0.15) is 18.4 Å². The van der Waals surface area contributed by atoms with E-state index in [1.54, 1.807) is 0 Å². The van der Waals surface area contributed by atoms with Crippen LogP contribution in [0.5, 0.6) is 0 Å². The van der Waals surface area contributed by atoms with Gasteiger partial charge in [-0.25, -0.2) is 0 Å². The molecule has 100 valence electrons. The first-order valence-corrected chi connectivity index (χ1v) is 5.36. The standard InChI is InChI=1S/C12H18N2.2ClH.H2O/c13-12-6-8-14(9-7-12)10-11-4-2-1-3-5-11;;;/h1-5,12H,6-10,13H2;2*1H;1H2. The highest BCUT2D eigenvalue weighted by molar-refractivity contribution is 5.85. The average Bonchev–Trinajstić information content (AvgIpc) is 2.23. The Morgan fingerprint density at radius 3 is 2.12 bits per heavy atom. The maximum absolute atomic E-state index is 5.86. The maximum Gasteiger partial charge on any atom is 0.0233 e. The molecule has 1 aliphatic heterocycles. The highest BCUT2D eigenvalue weighted by Gasteiger charge is 2.15. The van der Waals surface area contributed by atoms with Gasteiger partial charge in [0.05, 0.1) is 0 Å². The summed E-state index contributed by atoms with van der Waals surface area (Å²) in [5.74, 6) is 0. The van der Waals surface area contributed by atoms with E-state index in [1.165, 1.54) is 5.56 Å². The fraction of sp³-hybridized carbons (Fsp3) is 0.500. The summed E-state index contributed by atoms with van der Waals surface area (Å²) in [7, 11) is 0. The van der Waals surface area contributed by atoms with Crippen LogP contribution < -0.4 is 5.73 Å². The second kappa shape index (κ2) is 9.68. The van der Waals surface area contributed by atoms with Gasteiger partial charge < -0.3 is 11.2 Å². The first kappa shape index (κ1) is 19.0. The van der Waals surface area contributed by atoms with Gasteiger partial charge in [0.2, 0.25) is 0 Å². The lowest BCUT2D eigenvalue weighted by atomic mass is 10.1. The van der Waals surface area contributed by atoms with Crippen molar-refractivity contribution in [1.29, 1.82) is 0 Å². The molecule has 17 heavy (non-hydrogen) atoms. The molecule has 0 aromatic heterocycles. The summed E-state index contributed by atoms with van der Waals surface area (Å²) < 4.78 is 0. The zero-order valence-electron chi connectivity index (χ0n) is 9.84. The van der Waals surface area contributed by atoms with E-state index in [1.807, 2.05) is 0 Å². The van der Waals surface area contributed by atoms with E-state index in [9.17, 15) is 0 Å². The topological polar surface area (TPSA) is 60.8 Å². The summed E-state index contributed by atoms with van der Waals surface area (Å²) in [6.07, 6.45) is 2.29. The maximum atomic E-state index is 5.86. The Labute approximate surface area is 116 Å². The van der Waals surface area contributed by atoms with Crippen LogP contribution in [0, 0.1) is 0 Å². The van der Waals surface area contributed by atoms with Gasteiger partial charge in [0.15, 0.2) is 0 Å². The number of likely N-dealkylation sites (tertiary alicyclic amines) is 1. The molecule has 1 aromatic rings. The predicted molar refractivity (Wildman–Crippen MR) is 77.0 cm³/mol. The molecule has 0 radical (unpaired) electrons. The SMILES string of the molecule is Cl.Cl.NC1CCN(Cc2ccccc2)CC1.O. The highest BCUT2D eigenvalue weighted by atomic mass is 35.5. The molecule has 1 heterocycles. The Morgan fingerprint density at radius 2 is 1.59 bits per heavy atom. The number of nitrogens with two attached hydrogens (primary N) is 1. The van der Waals surface area contributed by atoms with Gasteiger partial charge in [0.25, 0.3) is 0 Å². The van der Waals surface area contributed by atoms with Crippen LogP contribution in [0.15, 0.2) is 30.3 Å². The molecule has 5 heteroatoms. The Morgan fingerprint density at radius 1 is 1.06 bits per heavy atom. The van der Waals surface area contributed by atoms with E-state index in [2.05, 4.69) is 35.2 Å². The number of benzene rings is 1. The van der Waals surface area contributed by atoms with Crippen molar-refractivity contribution in [1.82, 2.24) is 4.90 Å². The van der Waals surface area contributed by atoms with Gasteiger partial charge in [-0.3, -0.25) is 4.90 Å². The van der Waals surface area contributed by atoms with E-state index in [0.29, 0.717) is 6.04 Å². The fourth-order valence-electron chi connectivity index (χ4n) is 1.95. The van der Waals surface area contributed by atoms with Crippen molar-refractivity contribution in [3.63, 3.8) is 0 Å². The molecular weight excluding hydrogens is 259 g/mol. The van der Waals surface area contributed by atoms with E-state index in [0.717, 1.165) is 32.5 Å². The third-order valence-electron chi connectivity index (χ3n) is 2.88. The van der Waals surface area contributed by atoms with Crippen molar-refractivity contribution in [2.75, 3.05) is 13.1 Å². The van der Waals surface area contributed by atoms with Crippen LogP contribution in [0.3, 0.4) is 0 Å². The van der Waals surface area contributed by atoms with E-state index in [-0.39, 0.29) is 30.3 Å².